The van der Waals surface area contributed by atoms with Crippen LogP contribution < -0.4 is 5.32 Å². The molecule has 1 fully saturated rings. The Bertz CT molecular complexity index is 660. The van der Waals surface area contributed by atoms with Gasteiger partial charge in [0.25, 0.3) is 0 Å². The molecule has 1 atom stereocenters. The molecule has 0 saturated carbocycles. The predicted octanol–water partition coefficient (Wildman–Crippen LogP) is 3.37. The van der Waals surface area contributed by atoms with E-state index in [4.69, 9.17) is 0 Å². The summed E-state index contributed by atoms with van der Waals surface area (Å²) in [6, 6.07) is 12.3. The van der Waals surface area contributed by atoms with E-state index in [1.54, 1.807) is 12.4 Å². The van der Waals surface area contributed by atoms with Crippen molar-refractivity contribution in [2.75, 3.05) is 13.1 Å². The summed E-state index contributed by atoms with van der Waals surface area (Å²) in [4.78, 5) is 18.8. The maximum atomic E-state index is 12.5. The largest absolute Gasteiger partial charge is 0.352 e. The summed E-state index contributed by atoms with van der Waals surface area (Å²) in [5.41, 5.74) is 2.37. The summed E-state index contributed by atoms with van der Waals surface area (Å²) in [5.74, 6) is 0.239. The Morgan fingerprint density at radius 1 is 1.17 bits per heavy atom. The molecule has 0 bridgehead atoms. The third-order valence-corrected chi connectivity index (χ3v) is 4.94. The van der Waals surface area contributed by atoms with Crippen molar-refractivity contribution in [1.29, 1.82) is 0 Å². The minimum absolute atomic E-state index is 0.0797. The van der Waals surface area contributed by atoms with Crippen LogP contribution in [0, 0.1) is 5.92 Å². The molecule has 1 aromatic heterocycles. The van der Waals surface area contributed by atoms with Gasteiger partial charge in [0.1, 0.15) is 0 Å². The van der Waals surface area contributed by atoms with Gasteiger partial charge in [-0.15, -0.1) is 0 Å². The fraction of sp³-hybridized carbons (Fsp3) is 0.368. The van der Waals surface area contributed by atoms with Gasteiger partial charge in [0.05, 0.1) is 5.92 Å². The highest BCUT2D eigenvalue weighted by Crippen LogP contribution is 2.20. The smallest absolute Gasteiger partial charge is 0.224 e. The minimum atomic E-state index is 0.0797. The average molecular weight is 388 g/mol. The van der Waals surface area contributed by atoms with E-state index in [1.807, 2.05) is 12.1 Å². The first-order chi connectivity index (χ1) is 11.7. The van der Waals surface area contributed by atoms with Crippen molar-refractivity contribution in [3.8, 4) is 0 Å². The number of hydrogen-bond acceptors (Lipinski definition) is 3. The number of halogens is 1. The molecule has 1 aliphatic rings. The molecule has 1 N–H and O–H groups in total. The minimum Gasteiger partial charge on any atom is -0.352 e. The van der Waals surface area contributed by atoms with E-state index >= 15 is 0 Å². The lowest BCUT2D eigenvalue weighted by Gasteiger charge is -2.32. The number of pyridine rings is 1. The number of carbonyl (C=O) groups is 1. The second kappa shape index (κ2) is 8.40. The van der Waals surface area contributed by atoms with E-state index < -0.39 is 0 Å². The maximum Gasteiger partial charge on any atom is 0.224 e. The number of aromatic nitrogens is 1. The number of hydrogen-bond donors (Lipinski definition) is 1. The Labute approximate surface area is 151 Å². The highest BCUT2D eigenvalue weighted by Gasteiger charge is 2.25. The Morgan fingerprint density at radius 2 is 1.92 bits per heavy atom. The molecular formula is C19H22BrN3O. The van der Waals surface area contributed by atoms with Gasteiger partial charge in [-0.1, -0.05) is 28.1 Å². The van der Waals surface area contributed by atoms with Gasteiger partial charge < -0.3 is 5.32 Å². The first-order valence-electron chi connectivity index (χ1n) is 8.34. The summed E-state index contributed by atoms with van der Waals surface area (Å²) in [7, 11) is 0. The number of carbonyl (C=O) groups excluding carboxylic acids is 1. The van der Waals surface area contributed by atoms with Crippen LogP contribution in [0.25, 0.3) is 0 Å². The van der Waals surface area contributed by atoms with Gasteiger partial charge in [-0.3, -0.25) is 14.7 Å². The monoisotopic (exact) mass is 387 g/mol. The Hall–Kier alpha value is -1.72. The van der Waals surface area contributed by atoms with Gasteiger partial charge in [0, 0.05) is 36.5 Å². The van der Waals surface area contributed by atoms with Gasteiger partial charge in [-0.25, -0.2) is 0 Å². The van der Waals surface area contributed by atoms with Crippen LogP contribution in [0.5, 0.6) is 0 Å². The van der Waals surface area contributed by atoms with Crippen molar-refractivity contribution in [3.05, 3.63) is 64.4 Å². The van der Waals surface area contributed by atoms with Crippen molar-refractivity contribution in [2.24, 2.45) is 5.92 Å². The second-order valence-corrected chi connectivity index (χ2v) is 7.19. The highest BCUT2D eigenvalue weighted by atomic mass is 79.9. The summed E-state index contributed by atoms with van der Waals surface area (Å²) in [6.07, 6.45) is 5.55. The molecular weight excluding hydrogens is 366 g/mol. The van der Waals surface area contributed by atoms with E-state index in [9.17, 15) is 4.79 Å². The van der Waals surface area contributed by atoms with E-state index in [1.165, 1.54) is 5.56 Å². The van der Waals surface area contributed by atoms with Crippen LogP contribution in [0.4, 0.5) is 0 Å². The number of benzene rings is 1. The van der Waals surface area contributed by atoms with Crippen molar-refractivity contribution in [1.82, 2.24) is 15.2 Å². The average Bonchev–Trinajstić information content (AvgIpc) is 2.63. The zero-order chi connectivity index (χ0) is 16.8. The van der Waals surface area contributed by atoms with Gasteiger partial charge >= 0.3 is 0 Å². The molecule has 1 aliphatic heterocycles. The SMILES string of the molecule is O=C(NCc1ccncc1)C1CCCN(Cc2ccc(Br)cc2)C1. The van der Waals surface area contributed by atoms with Crippen molar-refractivity contribution in [3.63, 3.8) is 0 Å². The Morgan fingerprint density at radius 3 is 2.67 bits per heavy atom. The topological polar surface area (TPSA) is 45.2 Å². The fourth-order valence-electron chi connectivity index (χ4n) is 3.10. The Kier molecular flexibility index (Phi) is 5.99. The normalized spacial score (nSPS) is 18.3. The van der Waals surface area contributed by atoms with E-state index in [0.717, 1.165) is 42.5 Å². The van der Waals surface area contributed by atoms with Crippen molar-refractivity contribution >= 4 is 21.8 Å². The fourth-order valence-corrected chi connectivity index (χ4v) is 3.36. The molecule has 1 amide bonds. The molecule has 0 aliphatic carbocycles. The number of amides is 1. The molecule has 1 aromatic carbocycles. The van der Waals surface area contributed by atoms with Crippen LogP contribution in [-0.2, 0) is 17.9 Å². The van der Waals surface area contributed by atoms with Crippen LogP contribution in [-0.4, -0.2) is 28.9 Å². The van der Waals surface area contributed by atoms with Gasteiger partial charge in [-0.05, 0) is 54.8 Å². The maximum absolute atomic E-state index is 12.5. The molecule has 1 unspecified atom stereocenters. The number of piperidine rings is 1. The van der Waals surface area contributed by atoms with Crippen LogP contribution in [0.15, 0.2) is 53.3 Å². The summed E-state index contributed by atoms with van der Waals surface area (Å²) < 4.78 is 1.10. The molecule has 4 nitrogen and oxygen atoms in total. The summed E-state index contributed by atoms with van der Waals surface area (Å²) >= 11 is 3.47. The zero-order valence-corrected chi connectivity index (χ0v) is 15.2. The molecule has 24 heavy (non-hydrogen) atoms. The molecule has 0 spiro atoms. The van der Waals surface area contributed by atoms with Crippen molar-refractivity contribution in [2.45, 2.75) is 25.9 Å². The summed E-state index contributed by atoms with van der Waals surface area (Å²) in [5, 5.41) is 3.06. The third kappa shape index (κ3) is 4.89. The Balaban J connectivity index is 1.51. The second-order valence-electron chi connectivity index (χ2n) is 6.27. The first-order valence-corrected chi connectivity index (χ1v) is 9.13. The van der Waals surface area contributed by atoms with Crippen LogP contribution in [0.2, 0.25) is 0 Å². The number of nitrogens with zero attached hydrogens (tertiary/aromatic N) is 2. The van der Waals surface area contributed by atoms with Gasteiger partial charge in [0.15, 0.2) is 0 Å². The van der Waals surface area contributed by atoms with Gasteiger partial charge in [0.2, 0.25) is 5.91 Å². The summed E-state index contributed by atoms with van der Waals surface area (Å²) in [6.45, 7) is 3.37. The van der Waals surface area contributed by atoms with E-state index in [0.29, 0.717) is 6.54 Å². The highest BCUT2D eigenvalue weighted by molar-refractivity contribution is 9.10. The molecule has 0 radical (unpaired) electrons. The zero-order valence-electron chi connectivity index (χ0n) is 13.6. The number of nitrogens with one attached hydrogen (secondary N) is 1. The van der Waals surface area contributed by atoms with Crippen LogP contribution in [0.1, 0.15) is 24.0 Å². The number of likely N-dealkylation sites (tertiary alicyclic amines) is 1. The van der Waals surface area contributed by atoms with Crippen molar-refractivity contribution < 1.29 is 4.79 Å². The standard InChI is InChI=1S/C19H22BrN3O/c20-18-5-3-16(4-6-18)13-23-11-1-2-17(14-23)19(24)22-12-15-7-9-21-10-8-15/h3-10,17H,1-2,11-14H2,(H,22,24). The predicted molar refractivity (Wildman–Crippen MR) is 98.2 cm³/mol. The van der Waals surface area contributed by atoms with E-state index in [2.05, 4.69) is 55.4 Å². The lowest BCUT2D eigenvalue weighted by molar-refractivity contribution is -0.126. The van der Waals surface area contributed by atoms with Crippen LogP contribution in [0.3, 0.4) is 0 Å². The molecule has 1 saturated heterocycles. The first kappa shape index (κ1) is 17.1. The molecule has 5 heteroatoms. The number of rotatable bonds is 5. The molecule has 126 valence electrons. The van der Waals surface area contributed by atoms with E-state index in [-0.39, 0.29) is 11.8 Å². The lowest BCUT2D eigenvalue weighted by atomic mass is 9.96. The lowest BCUT2D eigenvalue weighted by Crippen LogP contribution is -2.42. The van der Waals surface area contributed by atoms with Crippen LogP contribution >= 0.6 is 15.9 Å². The molecule has 3 rings (SSSR count). The third-order valence-electron chi connectivity index (χ3n) is 4.41. The molecule has 2 heterocycles. The quantitative estimate of drug-likeness (QED) is 0.854. The molecule has 2 aromatic rings. The van der Waals surface area contributed by atoms with Gasteiger partial charge in [-0.2, -0.15) is 0 Å².